The molecule has 1 N–H and O–H groups in total. The van der Waals surface area contributed by atoms with Crippen LogP contribution in [-0.4, -0.2) is 20.9 Å². The fourth-order valence-corrected chi connectivity index (χ4v) is 3.44. The summed E-state index contributed by atoms with van der Waals surface area (Å²) in [5.41, 5.74) is 2.92. The standard InChI is InChI=1S/C20H14N4OS/c25-19(23-15-9-5-2-6-10-15)18-17(14-7-3-1-4-8-14)24-20(26-18)16-13-21-11-12-22-16/h1-13H,(H,23,25). The van der Waals surface area contributed by atoms with Crippen molar-refractivity contribution in [3.63, 3.8) is 0 Å². The normalized spacial score (nSPS) is 10.5. The predicted octanol–water partition coefficient (Wildman–Crippen LogP) is 4.52. The van der Waals surface area contributed by atoms with Gasteiger partial charge >= 0.3 is 0 Å². The summed E-state index contributed by atoms with van der Waals surface area (Å²) in [6, 6.07) is 19.0. The van der Waals surface area contributed by atoms with Crippen LogP contribution in [0.3, 0.4) is 0 Å². The first-order valence-electron chi connectivity index (χ1n) is 8.00. The largest absolute Gasteiger partial charge is 0.321 e. The van der Waals surface area contributed by atoms with E-state index in [0.717, 1.165) is 11.3 Å². The van der Waals surface area contributed by atoms with Crippen LogP contribution in [0.2, 0.25) is 0 Å². The van der Waals surface area contributed by atoms with Gasteiger partial charge in [-0.25, -0.2) is 4.98 Å². The highest BCUT2D eigenvalue weighted by Gasteiger charge is 2.21. The van der Waals surface area contributed by atoms with E-state index in [-0.39, 0.29) is 5.91 Å². The number of para-hydroxylation sites is 1. The lowest BCUT2D eigenvalue weighted by Gasteiger charge is -2.05. The monoisotopic (exact) mass is 358 g/mol. The average molecular weight is 358 g/mol. The van der Waals surface area contributed by atoms with E-state index in [1.165, 1.54) is 11.3 Å². The summed E-state index contributed by atoms with van der Waals surface area (Å²) in [7, 11) is 0. The van der Waals surface area contributed by atoms with Crippen molar-refractivity contribution >= 4 is 22.9 Å². The van der Waals surface area contributed by atoms with Crippen molar-refractivity contribution in [2.45, 2.75) is 0 Å². The van der Waals surface area contributed by atoms with Gasteiger partial charge in [0.1, 0.15) is 15.6 Å². The number of anilines is 1. The number of aromatic nitrogens is 3. The summed E-state index contributed by atoms with van der Waals surface area (Å²) in [5, 5.41) is 3.59. The molecule has 1 amide bonds. The number of carbonyl (C=O) groups excluding carboxylic acids is 1. The van der Waals surface area contributed by atoms with Gasteiger partial charge in [0, 0.05) is 23.6 Å². The van der Waals surface area contributed by atoms with Crippen LogP contribution >= 0.6 is 11.3 Å². The predicted molar refractivity (Wildman–Crippen MR) is 103 cm³/mol. The Hall–Kier alpha value is -3.38. The van der Waals surface area contributed by atoms with Crippen molar-refractivity contribution in [2.24, 2.45) is 0 Å². The summed E-state index contributed by atoms with van der Waals surface area (Å²) in [6.07, 6.45) is 4.87. The second kappa shape index (κ2) is 7.25. The van der Waals surface area contributed by atoms with E-state index in [9.17, 15) is 4.79 Å². The molecule has 0 aliphatic heterocycles. The smallest absolute Gasteiger partial charge is 0.268 e. The summed E-state index contributed by atoms with van der Waals surface area (Å²) in [4.78, 5) is 26.5. The second-order valence-electron chi connectivity index (χ2n) is 5.47. The van der Waals surface area contributed by atoms with Crippen LogP contribution in [0.1, 0.15) is 9.67 Å². The van der Waals surface area contributed by atoms with E-state index in [1.54, 1.807) is 18.6 Å². The summed E-state index contributed by atoms with van der Waals surface area (Å²) in [6.45, 7) is 0. The number of thiazole rings is 1. The zero-order valence-corrected chi connectivity index (χ0v) is 14.5. The van der Waals surface area contributed by atoms with Crippen LogP contribution in [0.5, 0.6) is 0 Å². The highest BCUT2D eigenvalue weighted by molar-refractivity contribution is 7.17. The van der Waals surface area contributed by atoms with Crippen molar-refractivity contribution in [1.82, 2.24) is 15.0 Å². The van der Waals surface area contributed by atoms with Gasteiger partial charge in [0.25, 0.3) is 5.91 Å². The van der Waals surface area contributed by atoms with Crippen LogP contribution in [0, 0.1) is 0 Å². The Morgan fingerprint density at radius 2 is 1.65 bits per heavy atom. The first-order valence-corrected chi connectivity index (χ1v) is 8.82. The number of rotatable bonds is 4. The van der Waals surface area contributed by atoms with E-state index in [1.807, 2.05) is 60.7 Å². The van der Waals surface area contributed by atoms with Gasteiger partial charge in [0.05, 0.1) is 11.9 Å². The zero-order valence-electron chi connectivity index (χ0n) is 13.7. The molecular weight excluding hydrogens is 344 g/mol. The van der Waals surface area contributed by atoms with E-state index in [2.05, 4.69) is 20.3 Å². The number of amides is 1. The van der Waals surface area contributed by atoms with Crippen LogP contribution in [0.25, 0.3) is 22.0 Å². The highest BCUT2D eigenvalue weighted by atomic mass is 32.1. The number of carbonyl (C=O) groups is 1. The second-order valence-corrected chi connectivity index (χ2v) is 6.47. The fourth-order valence-electron chi connectivity index (χ4n) is 2.49. The Morgan fingerprint density at radius 3 is 2.35 bits per heavy atom. The maximum Gasteiger partial charge on any atom is 0.268 e. The SMILES string of the molecule is O=C(Nc1ccccc1)c1sc(-c2cnccn2)nc1-c1ccccc1. The first-order chi connectivity index (χ1) is 12.8. The molecule has 0 unspecified atom stereocenters. The zero-order chi connectivity index (χ0) is 17.8. The Kier molecular flexibility index (Phi) is 4.49. The Balaban J connectivity index is 1.77. The molecule has 26 heavy (non-hydrogen) atoms. The first kappa shape index (κ1) is 16.1. The minimum Gasteiger partial charge on any atom is -0.321 e. The molecule has 6 heteroatoms. The maximum atomic E-state index is 12.9. The van der Waals surface area contributed by atoms with Crippen molar-refractivity contribution in [3.05, 3.63) is 84.1 Å². The molecule has 2 aromatic heterocycles. The van der Waals surface area contributed by atoms with Gasteiger partial charge in [-0.1, -0.05) is 48.5 Å². The molecule has 0 bridgehead atoms. The lowest BCUT2D eigenvalue weighted by Crippen LogP contribution is -2.11. The number of benzene rings is 2. The molecule has 2 aromatic carbocycles. The van der Waals surface area contributed by atoms with Crippen LogP contribution < -0.4 is 5.32 Å². The lowest BCUT2D eigenvalue weighted by molar-refractivity contribution is 0.103. The molecule has 0 fully saturated rings. The minimum absolute atomic E-state index is 0.192. The van der Waals surface area contributed by atoms with Gasteiger partial charge in [0.2, 0.25) is 0 Å². The topological polar surface area (TPSA) is 67.8 Å². The number of nitrogens with one attached hydrogen (secondary N) is 1. The van der Waals surface area contributed by atoms with Crippen LogP contribution in [0.4, 0.5) is 5.69 Å². The van der Waals surface area contributed by atoms with Gasteiger partial charge < -0.3 is 5.32 Å². The van der Waals surface area contributed by atoms with Gasteiger partial charge in [-0.2, -0.15) is 0 Å². The Morgan fingerprint density at radius 1 is 0.923 bits per heavy atom. The molecule has 0 saturated carbocycles. The van der Waals surface area contributed by atoms with Gasteiger partial charge in [-0.15, -0.1) is 11.3 Å². The van der Waals surface area contributed by atoms with E-state index >= 15 is 0 Å². The van der Waals surface area contributed by atoms with Crippen LogP contribution in [-0.2, 0) is 0 Å². The summed E-state index contributed by atoms with van der Waals surface area (Å²) in [5.74, 6) is -0.192. The molecule has 0 saturated heterocycles. The number of hydrogen-bond donors (Lipinski definition) is 1. The maximum absolute atomic E-state index is 12.9. The molecule has 0 aliphatic carbocycles. The van der Waals surface area contributed by atoms with E-state index < -0.39 is 0 Å². The Bertz CT molecular complexity index is 1020. The highest BCUT2D eigenvalue weighted by Crippen LogP contribution is 2.33. The van der Waals surface area contributed by atoms with Crippen LogP contribution in [0.15, 0.2) is 79.3 Å². The number of nitrogens with zero attached hydrogens (tertiary/aromatic N) is 3. The van der Waals surface area contributed by atoms with Gasteiger partial charge in [-0.05, 0) is 12.1 Å². The molecular formula is C20H14N4OS. The minimum atomic E-state index is -0.192. The molecule has 126 valence electrons. The lowest BCUT2D eigenvalue weighted by atomic mass is 10.1. The molecule has 0 aliphatic rings. The fraction of sp³-hybridized carbons (Fsp3) is 0. The van der Waals surface area contributed by atoms with Crippen molar-refractivity contribution < 1.29 is 4.79 Å². The quantitative estimate of drug-likeness (QED) is 0.582. The molecule has 5 nitrogen and oxygen atoms in total. The van der Waals surface area contributed by atoms with E-state index in [4.69, 9.17) is 0 Å². The molecule has 2 heterocycles. The van der Waals surface area contributed by atoms with Crippen molar-refractivity contribution in [3.8, 4) is 22.0 Å². The third-order valence-electron chi connectivity index (χ3n) is 3.69. The molecule has 4 rings (SSSR count). The average Bonchev–Trinajstić information content (AvgIpc) is 3.16. The van der Waals surface area contributed by atoms with Crippen molar-refractivity contribution in [1.29, 1.82) is 0 Å². The Labute approximate surface area is 154 Å². The third-order valence-corrected chi connectivity index (χ3v) is 4.77. The molecule has 0 radical (unpaired) electrons. The number of hydrogen-bond acceptors (Lipinski definition) is 5. The molecule has 4 aromatic rings. The van der Waals surface area contributed by atoms with E-state index in [0.29, 0.717) is 21.3 Å². The third kappa shape index (κ3) is 3.36. The van der Waals surface area contributed by atoms with Crippen molar-refractivity contribution in [2.75, 3.05) is 5.32 Å². The summed E-state index contributed by atoms with van der Waals surface area (Å²) >= 11 is 1.31. The molecule has 0 atom stereocenters. The van der Waals surface area contributed by atoms with Gasteiger partial charge in [-0.3, -0.25) is 14.8 Å². The molecule has 0 spiro atoms. The summed E-state index contributed by atoms with van der Waals surface area (Å²) < 4.78 is 0. The van der Waals surface area contributed by atoms with Gasteiger partial charge in [0.15, 0.2) is 0 Å².